The van der Waals surface area contributed by atoms with E-state index in [0.29, 0.717) is 0 Å². The van der Waals surface area contributed by atoms with Gasteiger partial charge >= 0.3 is 0 Å². The lowest BCUT2D eigenvalue weighted by Crippen LogP contribution is -2.03. The number of hydrogen-bond donors (Lipinski definition) is 3. The summed E-state index contributed by atoms with van der Waals surface area (Å²) in [5, 5.41) is 10.6. The van der Waals surface area contributed by atoms with Gasteiger partial charge in [-0.3, -0.25) is 9.97 Å². The lowest BCUT2D eigenvalue weighted by atomic mass is 10.0. The molecular formula is C28H27N5. The van der Waals surface area contributed by atoms with Crippen molar-refractivity contribution in [3.63, 3.8) is 0 Å². The van der Waals surface area contributed by atoms with Gasteiger partial charge in [0, 0.05) is 58.4 Å². The maximum absolute atomic E-state index is 4.36. The smallest absolute Gasteiger partial charge is 0.0447 e. The van der Waals surface area contributed by atoms with Crippen LogP contribution in [0.5, 0.6) is 0 Å². The number of nitrogens with one attached hydrogen (secondary N) is 3. The van der Waals surface area contributed by atoms with E-state index in [1.807, 2.05) is 30.7 Å². The Bertz CT molecular complexity index is 1290. The number of hydrogen-bond acceptors (Lipinski definition) is 5. The fourth-order valence-corrected chi connectivity index (χ4v) is 4.15. The lowest BCUT2D eigenvalue weighted by molar-refractivity contribution is 0.969. The summed E-state index contributed by atoms with van der Waals surface area (Å²) in [4.78, 5) is 8.63. The van der Waals surface area contributed by atoms with Gasteiger partial charge in [-0.25, -0.2) is 0 Å². The van der Waals surface area contributed by atoms with E-state index in [1.54, 1.807) is 0 Å². The van der Waals surface area contributed by atoms with Crippen LogP contribution in [0.3, 0.4) is 0 Å². The van der Waals surface area contributed by atoms with Crippen molar-refractivity contribution in [1.29, 1.82) is 0 Å². The molecular weight excluding hydrogens is 406 g/mol. The number of aryl methyl sites for hydroxylation is 2. The molecule has 33 heavy (non-hydrogen) atoms. The van der Waals surface area contributed by atoms with Crippen LogP contribution in [0.1, 0.15) is 29.3 Å². The van der Waals surface area contributed by atoms with Crippen molar-refractivity contribution in [3.8, 4) is 0 Å². The molecule has 0 spiro atoms. The van der Waals surface area contributed by atoms with E-state index in [9.17, 15) is 0 Å². The normalized spacial score (nSPS) is 12.0. The average Bonchev–Trinajstić information content (AvgIpc) is 3.04. The summed E-state index contributed by atoms with van der Waals surface area (Å²) >= 11 is 0. The zero-order valence-corrected chi connectivity index (χ0v) is 18.7. The second-order valence-electron chi connectivity index (χ2n) is 8.18. The summed E-state index contributed by atoms with van der Waals surface area (Å²) in [6.45, 7) is 6.41. The summed E-state index contributed by atoms with van der Waals surface area (Å²) in [6, 6.07) is 20.7. The van der Waals surface area contributed by atoms with Crippen LogP contribution < -0.4 is 16.0 Å². The van der Waals surface area contributed by atoms with Gasteiger partial charge in [-0.05, 0) is 78.4 Å². The van der Waals surface area contributed by atoms with Gasteiger partial charge in [-0.2, -0.15) is 0 Å². The molecule has 0 radical (unpaired) electrons. The number of fused-ring (bicyclic) bond motifs is 2. The summed E-state index contributed by atoms with van der Waals surface area (Å²) < 4.78 is 0. The highest BCUT2D eigenvalue weighted by molar-refractivity contribution is 5.82. The Balaban J connectivity index is 1.31. The van der Waals surface area contributed by atoms with Gasteiger partial charge in [0.2, 0.25) is 0 Å². The summed E-state index contributed by atoms with van der Waals surface area (Å²) in [7, 11) is 0. The van der Waals surface area contributed by atoms with Gasteiger partial charge in [0.25, 0.3) is 0 Å². The molecule has 0 aliphatic carbocycles. The van der Waals surface area contributed by atoms with Crippen LogP contribution in [-0.4, -0.2) is 9.97 Å². The number of rotatable bonds is 6. The molecule has 0 saturated carbocycles. The van der Waals surface area contributed by atoms with Crippen molar-refractivity contribution in [2.75, 3.05) is 16.0 Å². The van der Waals surface area contributed by atoms with Gasteiger partial charge in [0.15, 0.2) is 0 Å². The van der Waals surface area contributed by atoms with Crippen LogP contribution in [0.25, 0.3) is 5.70 Å². The van der Waals surface area contributed by atoms with Gasteiger partial charge in [0.1, 0.15) is 0 Å². The highest BCUT2D eigenvalue weighted by Gasteiger charge is 2.16. The molecule has 3 N–H and O–H groups in total. The van der Waals surface area contributed by atoms with Crippen LogP contribution in [0.2, 0.25) is 0 Å². The Morgan fingerprint density at radius 1 is 0.970 bits per heavy atom. The van der Waals surface area contributed by atoms with Crippen molar-refractivity contribution in [3.05, 3.63) is 108 Å². The van der Waals surface area contributed by atoms with E-state index in [0.717, 1.165) is 64.7 Å². The van der Waals surface area contributed by atoms with E-state index in [1.165, 1.54) is 11.1 Å². The van der Waals surface area contributed by atoms with Crippen molar-refractivity contribution in [2.24, 2.45) is 0 Å². The number of aromatic nitrogens is 2. The molecule has 1 aliphatic heterocycles. The van der Waals surface area contributed by atoms with Gasteiger partial charge in [-0.15, -0.1) is 0 Å². The Morgan fingerprint density at radius 3 is 2.70 bits per heavy atom. The van der Waals surface area contributed by atoms with E-state index in [-0.39, 0.29) is 0 Å². The summed E-state index contributed by atoms with van der Waals surface area (Å²) in [5.41, 5.74) is 10.9. The molecule has 0 atom stereocenters. The third-order valence-electron chi connectivity index (χ3n) is 5.98. The van der Waals surface area contributed by atoms with E-state index < -0.39 is 0 Å². The highest BCUT2D eigenvalue weighted by atomic mass is 14.9. The van der Waals surface area contributed by atoms with E-state index in [2.05, 4.69) is 88.0 Å². The van der Waals surface area contributed by atoms with Crippen LogP contribution in [0.4, 0.5) is 28.4 Å². The second kappa shape index (κ2) is 9.17. The molecule has 1 aliphatic rings. The quantitative estimate of drug-likeness (QED) is 0.315. The maximum Gasteiger partial charge on any atom is 0.0447 e. The molecule has 0 saturated heterocycles. The Hall–Kier alpha value is -4.12. The molecule has 0 fully saturated rings. The molecule has 164 valence electrons. The largest absolute Gasteiger partial charge is 0.355 e. The predicted octanol–water partition coefficient (Wildman–Crippen LogP) is 6.71. The summed E-state index contributed by atoms with van der Waals surface area (Å²) in [5.74, 6) is 0. The topological polar surface area (TPSA) is 61.9 Å². The molecule has 4 aromatic rings. The van der Waals surface area contributed by atoms with E-state index >= 15 is 0 Å². The fraction of sp³-hybridized carbons (Fsp3) is 0.143. The molecule has 5 heteroatoms. The van der Waals surface area contributed by atoms with Crippen molar-refractivity contribution in [2.45, 2.75) is 26.2 Å². The minimum absolute atomic E-state index is 0.871. The van der Waals surface area contributed by atoms with Gasteiger partial charge in [0.05, 0.1) is 0 Å². The first-order valence-electron chi connectivity index (χ1n) is 11.3. The highest BCUT2D eigenvalue weighted by Crippen LogP contribution is 2.34. The molecule has 0 unspecified atom stereocenters. The standard InChI is InChI=1S/C28H27N5/c1-3-22-17-24(13-16-30-22)32-23-10-7-20(8-11-23)19(2)31-27-5-4-6-28-25(27)12-9-21-18-29-15-14-26(21)33-28/h4-8,10-11,13-18,31,33H,2-3,9,12H2,1H3,(H,30,32). The van der Waals surface area contributed by atoms with Crippen molar-refractivity contribution in [1.82, 2.24) is 9.97 Å². The Morgan fingerprint density at radius 2 is 1.85 bits per heavy atom. The predicted molar refractivity (Wildman–Crippen MR) is 137 cm³/mol. The zero-order valence-electron chi connectivity index (χ0n) is 18.7. The second-order valence-corrected chi connectivity index (χ2v) is 8.18. The molecule has 5 rings (SSSR count). The van der Waals surface area contributed by atoms with Crippen molar-refractivity contribution >= 4 is 34.1 Å². The van der Waals surface area contributed by atoms with Gasteiger partial charge < -0.3 is 16.0 Å². The first kappa shape index (κ1) is 20.8. The monoisotopic (exact) mass is 433 g/mol. The van der Waals surface area contributed by atoms with E-state index in [4.69, 9.17) is 0 Å². The van der Waals surface area contributed by atoms with Crippen LogP contribution in [0, 0.1) is 0 Å². The number of pyridine rings is 2. The Labute approximate surface area is 194 Å². The number of anilines is 5. The molecule has 3 heterocycles. The lowest BCUT2D eigenvalue weighted by Gasteiger charge is -2.17. The molecule has 0 bridgehead atoms. The first-order valence-corrected chi connectivity index (χ1v) is 11.3. The Kier molecular flexibility index (Phi) is 5.77. The summed E-state index contributed by atoms with van der Waals surface area (Å²) in [6.07, 6.45) is 8.42. The zero-order chi connectivity index (χ0) is 22.6. The average molecular weight is 434 g/mol. The van der Waals surface area contributed by atoms with Crippen LogP contribution >= 0.6 is 0 Å². The third kappa shape index (κ3) is 4.58. The minimum atomic E-state index is 0.871. The first-order chi connectivity index (χ1) is 16.2. The molecule has 5 nitrogen and oxygen atoms in total. The molecule has 0 amide bonds. The molecule has 2 aromatic carbocycles. The maximum atomic E-state index is 4.36. The SMILES string of the molecule is C=C(Nc1cccc2c1CCc1cnccc1N2)c1ccc(Nc2ccnc(CC)c2)cc1. The van der Waals surface area contributed by atoms with Crippen molar-refractivity contribution < 1.29 is 0 Å². The number of nitrogens with zero attached hydrogens (tertiary/aromatic N) is 2. The fourth-order valence-electron chi connectivity index (χ4n) is 4.15. The number of benzene rings is 2. The van der Waals surface area contributed by atoms with Gasteiger partial charge in [-0.1, -0.05) is 31.7 Å². The minimum Gasteiger partial charge on any atom is -0.355 e. The van der Waals surface area contributed by atoms with Crippen LogP contribution in [-0.2, 0) is 19.3 Å². The van der Waals surface area contributed by atoms with Crippen LogP contribution in [0.15, 0.2) is 85.8 Å². The molecule has 2 aromatic heterocycles. The third-order valence-corrected chi connectivity index (χ3v) is 5.98.